The molecule has 2 aliphatic heterocycles. The smallest absolute Gasteiger partial charge is 0.297 e. The summed E-state index contributed by atoms with van der Waals surface area (Å²) in [5, 5.41) is 4.60. The Bertz CT molecular complexity index is 1290. The number of thiophene rings is 1. The van der Waals surface area contributed by atoms with E-state index >= 15 is 0 Å². The Morgan fingerprint density at radius 3 is 2.70 bits per heavy atom. The second-order valence-electron chi connectivity index (χ2n) is 9.11. The number of carbonyl (C=O) groups excluding carboxylic acids is 2. The molecule has 198 valence electrons. The van der Waals surface area contributed by atoms with Crippen LogP contribution in [0.25, 0.3) is 5.82 Å². The number of nitrogens with two attached hydrogens (primary N) is 1. The summed E-state index contributed by atoms with van der Waals surface area (Å²) in [7, 11) is 0. The van der Waals surface area contributed by atoms with Gasteiger partial charge >= 0.3 is 0 Å². The third-order valence-electron chi connectivity index (χ3n) is 6.55. The van der Waals surface area contributed by atoms with Crippen LogP contribution in [0.5, 0.6) is 0 Å². The highest BCUT2D eigenvalue weighted by molar-refractivity contribution is 7.16. The van der Waals surface area contributed by atoms with E-state index in [0.717, 1.165) is 17.5 Å². The number of pyridine rings is 1. The number of nitrogens with zero attached hydrogens (tertiary/aromatic N) is 4. The number of fused-ring (bicyclic) bond motifs is 2. The SMILES string of the molecule is CC=O.Cc1nn(-c2ncccc2CC(N)=O)cc1CN1CCC2(CC1)OCC(F)(F)c1cc(Cl)sc12. The van der Waals surface area contributed by atoms with Crippen LogP contribution in [0, 0.1) is 6.92 Å². The Morgan fingerprint density at radius 2 is 2.03 bits per heavy atom. The van der Waals surface area contributed by atoms with Gasteiger partial charge in [0.25, 0.3) is 5.92 Å². The maximum atomic E-state index is 14.4. The highest BCUT2D eigenvalue weighted by Gasteiger charge is 2.51. The van der Waals surface area contributed by atoms with E-state index in [1.54, 1.807) is 16.9 Å². The number of alkyl halides is 2. The lowest BCUT2D eigenvalue weighted by molar-refractivity contribution is -0.182. The monoisotopic (exact) mass is 551 g/mol. The molecule has 2 aliphatic rings. The van der Waals surface area contributed by atoms with E-state index in [1.165, 1.54) is 24.3 Å². The lowest BCUT2D eigenvalue weighted by atomic mass is 9.84. The summed E-state index contributed by atoms with van der Waals surface area (Å²) in [5.74, 6) is -2.86. The number of hydrogen-bond donors (Lipinski definition) is 1. The van der Waals surface area contributed by atoms with Crippen molar-refractivity contribution >= 4 is 35.1 Å². The molecule has 5 heterocycles. The lowest BCUT2D eigenvalue weighted by Gasteiger charge is -2.45. The molecule has 2 N–H and O–H groups in total. The van der Waals surface area contributed by atoms with Crippen LogP contribution in [0.1, 0.15) is 47.0 Å². The summed E-state index contributed by atoms with van der Waals surface area (Å²) in [5.41, 5.74) is 7.28. The van der Waals surface area contributed by atoms with Crippen LogP contribution < -0.4 is 5.73 Å². The molecule has 8 nitrogen and oxygen atoms in total. The number of halogens is 3. The number of piperidine rings is 1. The predicted octanol–water partition coefficient (Wildman–Crippen LogP) is 4.14. The Morgan fingerprint density at radius 1 is 1.32 bits per heavy atom. The molecule has 0 aliphatic carbocycles. The van der Waals surface area contributed by atoms with Gasteiger partial charge in [-0.3, -0.25) is 9.69 Å². The Balaban J connectivity index is 0.00000102. The van der Waals surface area contributed by atoms with Crippen molar-refractivity contribution in [1.82, 2.24) is 19.7 Å². The average molecular weight is 552 g/mol. The number of aromatic nitrogens is 3. The van der Waals surface area contributed by atoms with Gasteiger partial charge in [-0.2, -0.15) is 13.9 Å². The minimum atomic E-state index is -3.01. The van der Waals surface area contributed by atoms with Crippen molar-refractivity contribution in [3.63, 3.8) is 0 Å². The van der Waals surface area contributed by atoms with Gasteiger partial charge in [-0.25, -0.2) is 9.67 Å². The first-order valence-corrected chi connectivity index (χ1v) is 13.0. The van der Waals surface area contributed by atoms with Gasteiger partial charge in [0.05, 0.1) is 16.5 Å². The summed E-state index contributed by atoms with van der Waals surface area (Å²) in [6, 6.07) is 4.96. The molecule has 0 saturated carbocycles. The van der Waals surface area contributed by atoms with E-state index < -0.39 is 24.0 Å². The van der Waals surface area contributed by atoms with Crippen LogP contribution in [-0.2, 0) is 38.8 Å². The lowest BCUT2D eigenvalue weighted by Crippen LogP contribution is -2.48. The molecule has 0 bridgehead atoms. The number of ether oxygens (including phenoxy) is 1. The maximum Gasteiger partial charge on any atom is 0.297 e. The highest BCUT2D eigenvalue weighted by Crippen LogP contribution is 2.52. The number of rotatable bonds is 5. The van der Waals surface area contributed by atoms with Crippen molar-refractivity contribution in [3.8, 4) is 5.82 Å². The zero-order valence-electron chi connectivity index (χ0n) is 20.5. The van der Waals surface area contributed by atoms with E-state index in [4.69, 9.17) is 26.9 Å². The van der Waals surface area contributed by atoms with E-state index in [1.807, 2.05) is 19.2 Å². The molecule has 0 radical (unpaired) electrons. The van der Waals surface area contributed by atoms with Crippen molar-refractivity contribution in [2.24, 2.45) is 5.73 Å². The highest BCUT2D eigenvalue weighted by atomic mass is 35.5. The number of aldehydes is 1. The zero-order chi connectivity index (χ0) is 26.8. The summed E-state index contributed by atoms with van der Waals surface area (Å²) < 4.78 is 36.6. The van der Waals surface area contributed by atoms with Gasteiger partial charge in [0.15, 0.2) is 5.82 Å². The van der Waals surface area contributed by atoms with E-state index in [-0.39, 0.29) is 12.0 Å². The molecule has 1 fully saturated rings. The van der Waals surface area contributed by atoms with Crippen LogP contribution in [0.3, 0.4) is 0 Å². The summed E-state index contributed by atoms with van der Waals surface area (Å²) in [6.45, 7) is 4.81. The van der Waals surface area contributed by atoms with Crippen molar-refractivity contribution in [2.75, 3.05) is 19.7 Å². The first-order valence-electron chi connectivity index (χ1n) is 11.8. The standard InChI is InChI=1S/C23H24ClF2N5O2S.C2H4O/c1-14-16(12-31(29-14)21-15(9-19(27)32)3-2-6-28-21)11-30-7-4-22(5-8-30)20-17(10-18(24)34-20)23(25,26)13-33-22;1-2-3/h2-3,6,10,12H,4-5,7-9,11,13H2,1H3,(H2,27,32);2H,1H3. The number of hydrogen-bond acceptors (Lipinski definition) is 7. The molecule has 0 atom stereocenters. The van der Waals surface area contributed by atoms with Crippen molar-refractivity contribution < 1.29 is 23.1 Å². The molecule has 3 aromatic heterocycles. The molecule has 1 saturated heterocycles. The van der Waals surface area contributed by atoms with E-state index in [0.29, 0.717) is 53.1 Å². The number of amides is 1. The molecular formula is C25H28ClF2N5O3S. The quantitative estimate of drug-likeness (QED) is 0.478. The first kappa shape index (κ1) is 27.3. The summed E-state index contributed by atoms with van der Waals surface area (Å²) >= 11 is 7.31. The van der Waals surface area contributed by atoms with Gasteiger partial charge < -0.3 is 15.3 Å². The minimum Gasteiger partial charge on any atom is -0.369 e. The number of aryl methyl sites for hydroxylation is 1. The zero-order valence-corrected chi connectivity index (χ0v) is 22.1. The van der Waals surface area contributed by atoms with Crippen molar-refractivity contribution in [1.29, 1.82) is 0 Å². The second-order valence-corrected chi connectivity index (χ2v) is 10.8. The Hall–Kier alpha value is -2.73. The fraction of sp³-hybridized carbons (Fsp3) is 0.440. The average Bonchev–Trinajstić information content (AvgIpc) is 3.42. The molecule has 12 heteroatoms. The number of primary amides is 1. The molecular weight excluding hydrogens is 524 g/mol. The Kier molecular flexibility index (Phi) is 8.08. The fourth-order valence-electron chi connectivity index (χ4n) is 4.75. The third kappa shape index (κ3) is 5.74. The van der Waals surface area contributed by atoms with E-state index in [2.05, 4.69) is 15.0 Å². The van der Waals surface area contributed by atoms with Crippen LogP contribution in [-0.4, -0.2) is 51.6 Å². The van der Waals surface area contributed by atoms with E-state index in [9.17, 15) is 13.6 Å². The minimum absolute atomic E-state index is 0.0152. The van der Waals surface area contributed by atoms with Crippen LogP contribution in [0.2, 0.25) is 4.34 Å². The van der Waals surface area contributed by atoms with Crippen LogP contribution in [0.15, 0.2) is 30.6 Å². The van der Waals surface area contributed by atoms with Gasteiger partial charge in [0, 0.05) is 53.6 Å². The molecule has 37 heavy (non-hydrogen) atoms. The largest absolute Gasteiger partial charge is 0.369 e. The Labute approximate surface area is 222 Å². The number of likely N-dealkylation sites (tertiary alicyclic amines) is 1. The molecule has 5 rings (SSSR count). The van der Waals surface area contributed by atoms with Gasteiger partial charge in [-0.05, 0) is 38.8 Å². The normalized spacial score (nSPS) is 18.1. The predicted molar refractivity (Wildman–Crippen MR) is 136 cm³/mol. The molecule has 1 amide bonds. The molecule has 1 spiro atoms. The van der Waals surface area contributed by atoms with Gasteiger partial charge in [0.2, 0.25) is 5.91 Å². The van der Waals surface area contributed by atoms with Crippen LogP contribution in [0.4, 0.5) is 8.78 Å². The molecule has 0 unspecified atom stereocenters. The van der Waals surface area contributed by atoms with Crippen LogP contribution >= 0.6 is 22.9 Å². The van der Waals surface area contributed by atoms with Crippen molar-refractivity contribution in [2.45, 2.75) is 51.2 Å². The van der Waals surface area contributed by atoms with Gasteiger partial charge in [-0.15, -0.1) is 11.3 Å². The summed E-state index contributed by atoms with van der Waals surface area (Å²) in [4.78, 5) is 27.5. The third-order valence-corrected chi connectivity index (χ3v) is 8.00. The summed E-state index contributed by atoms with van der Waals surface area (Å²) in [6.07, 6.45) is 5.63. The fourth-order valence-corrected chi connectivity index (χ4v) is 6.23. The molecule has 0 aromatic carbocycles. The van der Waals surface area contributed by atoms with Gasteiger partial charge in [-0.1, -0.05) is 17.7 Å². The maximum absolute atomic E-state index is 14.4. The number of carbonyl (C=O) groups is 2. The van der Waals surface area contributed by atoms with Crippen molar-refractivity contribution in [3.05, 3.63) is 62.2 Å². The topological polar surface area (TPSA) is 103 Å². The molecule has 3 aromatic rings. The van der Waals surface area contributed by atoms with Gasteiger partial charge in [0.1, 0.15) is 18.5 Å². The first-order chi connectivity index (χ1) is 17.6. The second kappa shape index (κ2) is 10.9.